The van der Waals surface area contributed by atoms with Crippen LogP contribution in [0.1, 0.15) is 65.7 Å². The molecule has 1 heterocycles. The van der Waals surface area contributed by atoms with Gasteiger partial charge < -0.3 is 10.2 Å². The van der Waals surface area contributed by atoms with Crippen LogP contribution < -0.4 is 5.32 Å². The van der Waals surface area contributed by atoms with Crippen LogP contribution in [0.5, 0.6) is 0 Å². The smallest absolute Gasteiger partial charge is 0.222 e. The number of piperidine rings is 1. The minimum atomic E-state index is 0.108. The van der Waals surface area contributed by atoms with Crippen LogP contribution in [0.3, 0.4) is 0 Å². The third kappa shape index (κ3) is 5.28. The van der Waals surface area contributed by atoms with E-state index in [1.165, 1.54) is 38.6 Å². The van der Waals surface area contributed by atoms with Crippen LogP contribution in [-0.2, 0) is 4.79 Å². The summed E-state index contributed by atoms with van der Waals surface area (Å²) in [7, 11) is 0. The van der Waals surface area contributed by atoms with Gasteiger partial charge >= 0.3 is 0 Å². The maximum atomic E-state index is 11.7. The molecule has 1 saturated heterocycles. The maximum absolute atomic E-state index is 11.7. The molecule has 0 bridgehead atoms. The lowest BCUT2D eigenvalue weighted by atomic mass is 9.80. The molecule has 1 amide bonds. The summed E-state index contributed by atoms with van der Waals surface area (Å²) in [6.07, 6.45) is 9.38. The van der Waals surface area contributed by atoms with Crippen molar-refractivity contribution in [2.75, 3.05) is 19.6 Å². The first-order chi connectivity index (χ1) is 10.1. The molecule has 1 aliphatic carbocycles. The summed E-state index contributed by atoms with van der Waals surface area (Å²) in [5.74, 6) is 2.25. The molecule has 2 rings (SSSR count). The summed E-state index contributed by atoms with van der Waals surface area (Å²) < 4.78 is 0. The van der Waals surface area contributed by atoms with Crippen molar-refractivity contribution in [3.05, 3.63) is 0 Å². The Bertz CT molecular complexity index is 313. The van der Waals surface area contributed by atoms with E-state index in [1.807, 2.05) is 13.8 Å². The molecule has 1 aliphatic heterocycles. The number of nitrogens with one attached hydrogen (secondary N) is 1. The Kier molecular flexibility index (Phi) is 6.53. The Morgan fingerprint density at radius 3 is 2.14 bits per heavy atom. The molecule has 2 aliphatic rings. The molecule has 0 unspecified atom stereocenters. The van der Waals surface area contributed by atoms with Gasteiger partial charge in [0.2, 0.25) is 5.91 Å². The number of hydrogen-bond donors (Lipinski definition) is 1. The SMILES string of the molecule is CCC1CCC(CN2CCC(NC(=O)C(C)C)CC2)CC1. The Morgan fingerprint density at radius 1 is 1.05 bits per heavy atom. The molecule has 0 atom stereocenters. The molecule has 3 heteroatoms. The predicted molar refractivity (Wildman–Crippen MR) is 88.2 cm³/mol. The van der Waals surface area contributed by atoms with Gasteiger partial charge in [0.05, 0.1) is 0 Å². The summed E-state index contributed by atoms with van der Waals surface area (Å²) in [5.41, 5.74) is 0. The van der Waals surface area contributed by atoms with Crippen LogP contribution in [0.4, 0.5) is 0 Å². The second-order valence-electron chi connectivity index (χ2n) is 7.53. The highest BCUT2D eigenvalue weighted by Crippen LogP contribution is 2.31. The van der Waals surface area contributed by atoms with Gasteiger partial charge in [-0.2, -0.15) is 0 Å². The fraction of sp³-hybridized carbons (Fsp3) is 0.944. The summed E-state index contributed by atoms with van der Waals surface area (Å²) in [6, 6.07) is 0.409. The standard InChI is InChI=1S/C18H34N2O/c1-4-15-5-7-16(8-6-15)13-20-11-9-17(10-12-20)19-18(21)14(2)3/h14-17H,4-13H2,1-3H3,(H,19,21). The Morgan fingerprint density at radius 2 is 1.62 bits per heavy atom. The zero-order chi connectivity index (χ0) is 15.2. The number of hydrogen-bond acceptors (Lipinski definition) is 2. The van der Waals surface area contributed by atoms with Crippen molar-refractivity contribution in [2.45, 2.75) is 71.8 Å². The molecule has 0 aromatic carbocycles. The summed E-state index contributed by atoms with van der Waals surface area (Å²) >= 11 is 0. The largest absolute Gasteiger partial charge is 0.353 e. The molecule has 1 N–H and O–H groups in total. The molecule has 21 heavy (non-hydrogen) atoms. The van der Waals surface area contributed by atoms with E-state index >= 15 is 0 Å². The second-order valence-corrected chi connectivity index (χ2v) is 7.53. The normalized spacial score (nSPS) is 28.8. The van der Waals surface area contributed by atoms with Gasteiger partial charge in [0.15, 0.2) is 0 Å². The van der Waals surface area contributed by atoms with Crippen LogP contribution >= 0.6 is 0 Å². The van der Waals surface area contributed by atoms with Crippen LogP contribution in [0, 0.1) is 17.8 Å². The number of rotatable bonds is 5. The lowest BCUT2D eigenvalue weighted by Gasteiger charge is -2.36. The van der Waals surface area contributed by atoms with Gasteiger partial charge in [-0.15, -0.1) is 0 Å². The molecular formula is C18H34N2O. The van der Waals surface area contributed by atoms with Gasteiger partial charge in [-0.3, -0.25) is 4.79 Å². The van der Waals surface area contributed by atoms with E-state index in [4.69, 9.17) is 0 Å². The third-order valence-electron chi connectivity index (χ3n) is 5.52. The molecule has 0 aromatic heterocycles. The van der Waals surface area contributed by atoms with E-state index in [-0.39, 0.29) is 11.8 Å². The van der Waals surface area contributed by atoms with Crippen LogP contribution in [0.15, 0.2) is 0 Å². The lowest BCUT2D eigenvalue weighted by molar-refractivity contribution is -0.125. The van der Waals surface area contributed by atoms with E-state index in [1.54, 1.807) is 0 Å². The fourth-order valence-electron chi connectivity index (χ4n) is 3.82. The molecule has 1 saturated carbocycles. The van der Waals surface area contributed by atoms with E-state index in [9.17, 15) is 4.79 Å². The Balaban J connectivity index is 1.64. The van der Waals surface area contributed by atoms with Gasteiger partial charge in [0.25, 0.3) is 0 Å². The van der Waals surface area contributed by atoms with Gasteiger partial charge in [-0.05, 0) is 37.5 Å². The molecule has 3 nitrogen and oxygen atoms in total. The van der Waals surface area contributed by atoms with E-state index in [0.717, 1.165) is 37.8 Å². The fourth-order valence-corrected chi connectivity index (χ4v) is 3.82. The molecule has 0 aromatic rings. The molecule has 2 fully saturated rings. The highest BCUT2D eigenvalue weighted by Gasteiger charge is 2.25. The summed E-state index contributed by atoms with van der Waals surface area (Å²) in [6.45, 7) is 9.89. The first-order valence-corrected chi connectivity index (χ1v) is 9.11. The van der Waals surface area contributed by atoms with Gasteiger partial charge in [-0.25, -0.2) is 0 Å². The first kappa shape index (κ1) is 16.8. The number of amides is 1. The van der Waals surface area contributed by atoms with Crippen molar-refractivity contribution < 1.29 is 4.79 Å². The highest BCUT2D eigenvalue weighted by atomic mass is 16.1. The van der Waals surface area contributed by atoms with Crippen LogP contribution in [-0.4, -0.2) is 36.5 Å². The number of carbonyl (C=O) groups is 1. The summed E-state index contributed by atoms with van der Waals surface area (Å²) in [4.78, 5) is 14.4. The molecule has 0 spiro atoms. The summed E-state index contributed by atoms with van der Waals surface area (Å²) in [5, 5.41) is 3.19. The quantitative estimate of drug-likeness (QED) is 0.842. The van der Waals surface area contributed by atoms with Crippen molar-refractivity contribution in [2.24, 2.45) is 17.8 Å². The topological polar surface area (TPSA) is 32.3 Å². The molecule has 0 radical (unpaired) electrons. The van der Waals surface area contributed by atoms with Crippen molar-refractivity contribution in [3.8, 4) is 0 Å². The Labute approximate surface area is 130 Å². The number of carbonyl (C=O) groups excluding carboxylic acids is 1. The predicted octanol–water partition coefficient (Wildman–Crippen LogP) is 3.44. The zero-order valence-electron chi connectivity index (χ0n) is 14.2. The zero-order valence-corrected chi connectivity index (χ0v) is 14.2. The van der Waals surface area contributed by atoms with Crippen LogP contribution in [0.25, 0.3) is 0 Å². The van der Waals surface area contributed by atoms with Crippen molar-refractivity contribution in [1.29, 1.82) is 0 Å². The highest BCUT2D eigenvalue weighted by molar-refractivity contribution is 5.78. The van der Waals surface area contributed by atoms with E-state index in [2.05, 4.69) is 17.1 Å². The number of likely N-dealkylation sites (tertiary alicyclic amines) is 1. The van der Waals surface area contributed by atoms with Gasteiger partial charge in [-0.1, -0.05) is 40.0 Å². The van der Waals surface area contributed by atoms with Crippen molar-refractivity contribution >= 4 is 5.91 Å². The average molecular weight is 294 g/mol. The van der Waals surface area contributed by atoms with Gasteiger partial charge in [0, 0.05) is 31.6 Å². The number of nitrogens with zero attached hydrogens (tertiary/aromatic N) is 1. The molecular weight excluding hydrogens is 260 g/mol. The minimum absolute atomic E-state index is 0.108. The Hall–Kier alpha value is -0.570. The minimum Gasteiger partial charge on any atom is -0.353 e. The monoisotopic (exact) mass is 294 g/mol. The van der Waals surface area contributed by atoms with Crippen LogP contribution in [0.2, 0.25) is 0 Å². The van der Waals surface area contributed by atoms with E-state index < -0.39 is 0 Å². The average Bonchev–Trinajstić information content (AvgIpc) is 2.50. The second kappa shape index (κ2) is 8.17. The maximum Gasteiger partial charge on any atom is 0.222 e. The third-order valence-corrected chi connectivity index (χ3v) is 5.52. The molecule has 122 valence electrons. The van der Waals surface area contributed by atoms with Gasteiger partial charge in [0.1, 0.15) is 0 Å². The van der Waals surface area contributed by atoms with Crippen molar-refractivity contribution in [3.63, 3.8) is 0 Å². The van der Waals surface area contributed by atoms with Crippen molar-refractivity contribution in [1.82, 2.24) is 10.2 Å². The van der Waals surface area contributed by atoms with E-state index in [0.29, 0.717) is 6.04 Å². The first-order valence-electron chi connectivity index (χ1n) is 9.11. The lowest BCUT2D eigenvalue weighted by Crippen LogP contribution is -2.46.